The highest BCUT2D eigenvalue weighted by molar-refractivity contribution is 5.93. The molecular formula is C18H16F3N3O. The van der Waals surface area contributed by atoms with E-state index in [1.165, 1.54) is 12.1 Å². The molecule has 3 rings (SSSR count). The Morgan fingerprint density at radius 2 is 1.88 bits per heavy atom. The van der Waals surface area contributed by atoms with Crippen LogP contribution in [0.2, 0.25) is 0 Å². The summed E-state index contributed by atoms with van der Waals surface area (Å²) in [5, 5.41) is 2.67. The molecule has 1 aromatic heterocycles. The Labute approximate surface area is 142 Å². The number of imidazole rings is 1. The maximum absolute atomic E-state index is 13.4. The number of aromatic nitrogens is 2. The minimum atomic E-state index is -4.60. The molecule has 0 unspecified atom stereocenters. The number of benzene rings is 2. The molecule has 4 nitrogen and oxygen atoms in total. The molecule has 0 radical (unpaired) electrons. The minimum absolute atomic E-state index is 0.172. The Kier molecular flexibility index (Phi) is 4.48. The molecule has 3 aromatic rings. The predicted molar refractivity (Wildman–Crippen MR) is 89.6 cm³/mol. The molecule has 0 aliphatic carbocycles. The van der Waals surface area contributed by atoms with E-state index in [9.17, 15) is 18.0 Å². The van der Waals surface area contributed by atoms with Crippen molar-refractivity contribution in [3.63, 3.8) is 0 Å². The van der Waals surface area contributed by atoms with Gasteiger partial charge in [-0.3, -0.25) is 9.36 Å². The molecule has 0 aliphatic heterocycles. The fraction of sp³-hybridized carbons (Fsp3) is 0.222. The van der Waals surface area contributed by atoms with Crippen molar-refractivity contribution in [2.45, 2.75) is 25.9 Å². The quantitative estimate of drug-likeness (QED) is 0.738. The molecule has 25 heavy (non-hydrogen) atoms. The van der Waals surface area contributed by atoms with Crippen LogP contribution in [0.3, 0.4) is 0 Å². The van der Waals surface area contributed by atoms with Gasteiger partial charge >= 0.3 is 6.18 Å². The average molecular weight is 347 g/mol. The number of alkyl halides is 3. The van der Waals surface area contributed by atoms with Gasteiger partial charge < -0.3 is 5.32 Å². The number of anilines is 1. The molecule has 1 N–H and O–H groups in total. The lowest BCUT2D eigenvalue weighted by atomic mass is 10.2. The molecule has 0 aliphatic rings. The van der Waals surface area contributed by atoms with Crippen molar-refractivity contribution < 1.29 is 18.0 Å². The molecule has 1 heterocycles. The number of nitrogens with one attached hydrogen (secondary N) is 1. The van der Waals surface area contributed by atoms with Gasteiger partial charge in [-0.15, -0.1) is 0 Å². The van der Waals surface area contributed by atoms with Crippen molar-refractivity contribution in [2.75, 3.05) is 5.32 Å². The SMILES string of the molecule is CCCC(=O)Nc1ccc2c(c1)nc(C(F)(F)F)n2-c1ccccc1. The topological polar surface area (TPSA) is 46.9 Å². The smallest absolute Gasteiger partial charge is 0.326 e. The molecule has 130 valence electrons. The van der Waals surface area contributed by atoms with Gasteiger partial charge in [0.1, 0.15) is 0 Å². The van der Waals surface area contributed by atoms with Crippen LogP contribution < -0.4 is 5.32 Å². The standard InChI is InChI=1S/C18H16F3N3O/c1-2-6-16(25)22-12-9-10-15-14(11-12)23-17(18(19,20)21)24(15)13-7-4-3-5-8-13/h3-5,7-11H,2,6H2,1H3,(H,22,25). The third-order valence-corrected chi connectivity index (χ3v) is 3.68. The maximum atomic E-state index is 13.4. The first-order chi connectivity index (χ1) is 11.9. The Hall–Kier alpha value is -2.83. The lowest BCUT2D eigenvalue weighted by molar-refractivity contribution is -0.145. The number of para-hydroxylation sites is 1. The molecule has 0 fully saturated rings. The number of halogens is 3. The Balaban J connectivity index is 2.12. The van der Waals surface area contributed by atoms with Crippen molar-refractivity contribution in [2.24, 2.45) is 0 Å². The predicted octanol–water partition coefficient (Wildman–Crippen LogP) is 4.78. The van der Waals surface area contributed by atoms with Crippen LogP contribution in [0.4, 0.5) is 18.9 Å². The second-order valence-electron chi connectivity index (χ2n) is 5.61. The second-order valence-corrected chi connectivity index (χ2v) is 5.61. The highest BCUT2D eigenvalue weighted by atomic mass is 19.4. The summed E-state index contributed by atoms with van der Waals surface area (Å²) in [5.41, 5.74) is 1.30. The summed E-state index contributed by atoms with van der Waals surface area (Å²) < 4.78 is 41.4. The van der Waals surface area contributed by atoms with Gasteiger partial charge in [-0.2, -0.15) is 13.2 Å². The van der Waals surface area contributed by atoms with E-state index >= 15 is 0 Å². The normalized spacial score (nSPS) is 11.7. The highest BCUT2D eigenvalue weighted by Crippen LogP contribution is 2.34. The number of nitrogens with zero attached hydrogens (tertiary/aromatic N) is 2. The number of rotatable bonds is 4. The minimum Gasteiger partial charge on any atom is -0.326 e. The summed E-state index contributed by atoms with van der Waals surface area (Å²) >= 11 is 0. The van der Waals surface area contributed by atoms with E-state index in [-0.39, 0.29) is 11.4 Å². The zero-order chi connectivity index (χ0) is 18.0. The fourth-order valence-electron chi connectivity index (χ4n) is 2.64. The molecule has 0 saturated carbocycles. The van der Waals surface area contributed by atoms with E-state index in [1.54, 1.807) is 36.4 Å². The van der Waals surface area contributed by atoms with Crippen LogP contribution >= 0.6 is 0 Å². The number of carbonyl (C=O) groups is 1. The molecule has 1 amide bonds. The largest absolute Gasteiger partial charge is 0.450 e. The average Bonchev–Trinajstić information content (AvgIpc) is 2.95. The van der Waals surface area contributed by atoms with Crippen molar-refractivity contribution in [3.8, 4) is 5.69 Å². The summed E-state index contributed by atoms with van der Waals surface area (Å²) in [6.45, 7) is 1.87. The number of hydrogen-bond donors (Lipinski definition) is 1. The van der Waals surface area contributed by atoms with Gasteiger partial charge in [0, 0.05) is 17.8 Å². The number of fused-ring (bicyclic) bond motifs is 1. The van der Waals surface area contributed by atoms with Gasteiger partial charge in [-0.05, 0) is 36.8 Å². The third kappa shape index (κ3) is 3.50. The van der Waals surface area contributed by atoms with Crippen LogP contribution in [0.15, 0.2) is 48.5 Å². The maximum Gasteiger partial charge on any atom is 0.450 e. The van der Waals surface area contributed by atoms with Crippen LogP contribution in [0.5, 0.6) is 0 Å². The van der Waals surface area contributed by atoms with Crippen LogP contribution in [0, 0.1) is 0 Å². The van der Waals surface area contributed by atoms with Crippen molar-refractivity contribution in [3.05, 3.63) is 54.4 Å². The van der Waals surface area contributed by atoms with E-state index in [2.05, 4.69) is 10.3 Å². The zero-order valence-electron chi connectivity index (χ0n) is 13.5. The molecule has 2 aromatic carbocycles. The number of carbonyl (C=O) groups excluding carboxylic acids is 1. The molecular weight excluding hydrogens is 331 g/mol. The zero-order valence-corrected chi connectivity index (χ0v) is 13.5. The third-order valence-electron chi connectivity index (χ3n) is 3.68. The van der Waals surface area contributed by atoms with E-state index in [0.29, 0.717) is 29.7 Å². The molecule has 0 bridgehead atoms. The summed E-state index contributed by atoms with van der Waals surface area (Å²) in [6.07, 6.45) is -3.56. The van der Waals surface area contributed by atoms with Crippen LogP contribution in [-0.2, 0) is 11.0 Å². The summed E-state index contributed by atoms with van der Waals surface area (Å²) in [7, 11) is 0. The second kappa shape index (κ2) is 6.58. The lowest BCUT2D eigenvalue weighted by Crippen LogP contribution is -2.13. The first kappa shape index (κ1) is 17.0. The van der Waals surface area contributed by atoms with E-state index in [4.69, 9.17) is 0 Å². The molecule has 0 atom stereocenters. The van der Waals surface area contributed by atoms with Gasteiger partial charge in [0.25, 0.3) is 0 Å². The van der Waals surface area contributed by atoms with Gasteiger partial charge in [0.05, 0.1) is 11.0 Å². The van der Waals surface area contributed by atoms with Gasteiger partial charge in [0.2, 0.25) is 11.7 Å². The fourth-order valence-corrected chi connectivity index (χ4v) is 2.64. The molecule has 0 saturated heterocycles. The molecule has 0 spiro atoms. The van der Waals surface area contributed by atoms with Crippen molar-refractivity contribution >= 4 is 22.6 Å². The number of amides is 1. The summed E-state index contributed by atoms with van der Waals surface area (Å²) in [5.74, 6) is -1.17. The van der Waals surface area contributed by atoms with Crippen molar-refractivity contribution in [1.82, 2.24) is 9.55 Å². The van der Waals surface area contributed by atoms with Crippen LogP contribution in [-0.4, -0.2) is 15.5 Å². The van der Waals surface area contributed by atoms with E-state index in [0.717, 1.165) is 4.57 Å². The highest BCUT2D eigenvalue weighted by Gasteiger charge is 2.38. The Morgan fingerprint density at radius 1 is 1.16 bits per heavy atom. The molecule has 7 heteroatoms. The monoisotopic (exact) mass is 347 g/mol. The first-order valence-corrected chi connectivity index (χ1v) is 7.85. The van der Waals surface area contributed by atoms with Crippen LogP contribution in [0.25, 0.3) is 16.7 Å². The lowest BCUT2D eigenvalue weighted by Gasteiger charge is -2.11. The summed E-state index contributed by atoms with van der Waals surface area (Å²) in [4.78, 5) is 15.4. The van der Waals surface area contributed by atoms with Gasteiger partial charge in [-0.25, -0.2) is 4.98 Å². The first-order valence-electron chi connectivity index (χ1n) is 7.85. The van der Waals surface area contributed by atoms with Crippen molar-refractivity contribution in [1.29, 1.82) is 0 Å². The Bertz CT molecular complexity index is 901. The summed E-state index contributed by atoms with van der Waals surface area (Å²) in [6, 6.07) is 12.8. The van der Waals surface area contributed by atoms with E-state index in [1.807, 2.05) is 6.92 Å². The van der Waals surface area contributed by atoms with Crippen LogP contribution in [0.1, 0.15) is 25.6 Å². The number of hydrogen-bond acceptors (Lipinski definition) is 2. The van der Waals surface area contributed by atoms with Gasteiger partial charge in [-0.1, -0.05) is 25.1 Å². The van der Waals surface area contributed by atoms with E-state index < -0.39 is 12.0 Å². The Morgan fingerprint density at radius 3 is 2.52 bits per heavy atom. The van der Waals surface area contributed by atoms with Gasteiger partial charge in [0.15, 0.2) is 0 Å².